The molecule has 0 amide bonds. The average molecular weight is 301 g/mol. The lowest BCUT2D eigenvalue weighted by Gasteiger charge is -2.15. The molecule has 0 fully saturated rings. The SMILES string of the molecule is C=CCCCCCOc1ccc(CNC)cc1C(F)(F)F. The lowest BCUT2D eigenvalue weighted by molar-refractivity contribution is -0.139. The van der Waals surface area contributed by atoms with Gasteiger partial charge in [-0.2, -0.15) is 13.2 Å². The number of ether oxygens (including phenoxy) is 1. The zero-order valence-electron chi connectivity index (χ0n) is 12.3. The van der Waals surface area contributed by atoms with Gasteiger partial charge >= 0.3 is 6.18 Å². The van der Waals surface area contributed by atoms with Crippen LogP contribution in [-0.4, -0.2) is 13.7 Å². The Morgan fingerprint density at radius 1 is 1.24 bits per heavy atom. The van der Waals surface area contributed by atoms with Crippen LogP contribution in [0.4, 0.5) is 13.2 Å². The van der Waals surface area contributed by atoms with Crippen LogP contribution in [0.15, 0.2) is 30.9 Å². The second-order valence-corrected chi connectivity index (χ2v) is 4.85. The summed E-state index contributed by atoms with van der Waals surface area (Å²) in [4.78, 5) is 0. The second kappa shape index (κ2) is 8.72. The number of hydrogen-bond acceptors (Lipinski definition) is 2. The van der Waals surface area contributed by atoms with Crippen molar-refractivity contribution in [2.45, 2.75) is 38.4 Å². The molecule has 1 aromatic carbocycles. The van der Waals surface area contributed by atoms with Crippen LogP contribution in [0.25, 0.3) is 0 Å². The van der Waals surface area contributed by atoms with Crippen LogP contribution >= 0.6 is 0 Å². The molecule has 0 saturated carbocycles. The summed E-state index contributed by atoms with van der Waals surface area (Å²) in [6, 6.07) is 4.20. The molecule has 0 bridgehead atoms. The van der Waals surface area contributed by atoms with E-state index in [1.807, 2.05) is 6.08 Å². The Kier molecular flexibility index (Phi) is 7.29. The van der Waals surface area contributed by atoms with Gasteiger partial charge in [0.15, 0.2) is 0 Å². The zero-order chi connectivity index (χ0) is 15.7. The predicted molar refractivity (Wildman–Crippen MR) is 78.4 cm³/mol. The summed E-state index contributed by atoms with van der Waals surface area (Å²) in [5.41, 5.74) is -0.121. The third-order valence-corrected chi connectivity index (χ3v) is 3.04. The van der Waals surface area contributed by atoms with Gasteiger partial charge in [-0.05, 0) is 50.4 Å². The molecule has 0 spiro atoms. The van der Waals surface area contributed by atoms with Crippen molar-refractivity contribution in [3.05, 3.63) is 42.0 Å². The summed E-state index contributed by atoms with van der Waals surface area (Å²) >= 11 is 0. The molecule has 0 unspecified atom stereocenters. The highest BCUT2D eigenvalue weighted by Crippen LogP contribution is 2.37. The molecule has 118 valence electrons. The number of unbranched alkanes of at least 4 members (excludes halogenated alkanes) is 3. The van der Waals surface area contributed by atoms with E-state index in [0.29, 0.717) is 18.7 Å². The van der Waals surface area contributed by atoms with Gasteiger partial charge in [-0.15, -0.1) is 6.58 Å². The highest BCUT2D eigenvalue weighted by Gasteiger charge is 2.34. The van der Waals surface area contributed by atoms with Crippen LogP contribution in [0.3, 0.4) is 0 Å². The fraction of sp³-hybridized carbons (Fsp3) is 0.500. The van der Waals surface area contributed by atoms with E-state index in [-0.39, 0.29) is 5.75 Å². The first-order valence-electron chi connectivity index (χ1n) is 7.07. The second-order valence-electron chi connectivity index (χ2n) is 4.85. The van der Waals surface area contributed by atoms with Crippen molar-refractivity contribution in [2.24, 2.45) is 0 Å². The van der Waals surface area contributed by atoms with Gasteiger partial charge in [-0.1, -0.05) is 12.1 Å². The summed E-state index contributed by atoms with van der Waals surface area (Å²) in [7, 11) is 1.70. The van der Waals surface area contributed by atoms with Gasteiger partial charge in [-0.25, -0.2) is 0 Å². The molecular weight excluding hydrogens is 279 g/mol. The number of alkyl halides is 3. The van der Waals surface area contributed by atoms with Crippen LogP contribution in [-0.2, 0) is 12.7 Å². The molecule has 1 aromatic rings. The maximum Gasteiger partial charge on any atom is 0.419 e. The highest BCUT2D eigenvalue weighted by molar-refractivity contribution is 5.39. The maximum absolute atomic E-state index is 13.0. The molecule has 0 radical (unpaired) electrons. The van der Waals surface area contributed by atoms with E-state index >= 15 is 0 Å². The Balaban J connectivity index is 2.65. The number of nitrogens with one attached hydrogen (secondary N) is 1. The van der Waals surface area contributed by atoms with E-state index in [9.17, 15) is 13.2 Å². The van der Waals surface area contributed by atoms with Crippen molar-refractivity contribution in [3.63, 3.8) is 0 Å². The largest absolute Gasteiger partial charge is 0.493 e. The quantitative estimate of drug-likeness (QED) is 0.533. The van der Waals surface area contributed by atoms with Gasteiger partial charge in [0.05, 0.1) is 12.2 Å². The molecule has 5 heteroatoms. The number of halogens is 3. The molecular formula is C16H22F3NO. The highest BCUT2D eigenvalue weighted by atomic mass is 19.4. The van der Waals surface area contributed by atoms with Crippen molar-refractivity contribution < 1.29 is 17.9 Å². The lowest BCUT2D eigenvalue weighted by atomic mass is 10.1. The molecule has 0 aliphatic rings. The van der Waals surface area contributed by atoms with Crippen LogP contribution < -0.4 is 10.1 Å². The minimum atomic E-state index is -4.40. The minimum Gasteiger partial charge on any atom is -0.493 e. The van der Waals surface area contributed by atoms with Gasteiger partial charge < -0.3 is 10.1 Å². The van der Waals surface area contributed by atoms with E-state index in [4.69, 9.17) is 4.74 Å². The molecule has 0 saturated heterocycles. The van der Waals surface area contributed by atoms with Crippen molar-refractivity contribution in [1.29, 1.82) is 0 Å². The summed E-state index contributed by atoms with van der Waals surface area (Å²) in [5, 5.41) is 2.84. The van der Waals surface area contributed by atoms with E-state index in [1.54, 1.807) is 13.1 Å². The van der Waals surface area contributed by atoms with Crippen LogP contribution in [0.5, 0.6) is 5.75 Å². The number of allylic oxidation sites excluding steroid dienone is 1. The Morgan fingerprint density at radius 3 is 2.62 bits per heavy atom. The zero-order valence-corrected chi connectivity index (χ0v) is 12.3. The molecule has 1 rings (SSSR count). The fourth-order valence-electron chi connectivity index (χ4n) is 1.99. The minimum absolute atomic E-state index is 0.0916. The normalized spacial score (nSPS) is 11.4. The number of benzene rings is 1. The topological polar surface area (TPSA) is 21.3 Å². The van der Waals surface area contributed by atoms with Crippen molar-refractivity contribution >= 4 is 0 Å². The lowest BCUT2D eigenvalue weighted by Crippen LogP contribution is -2.12. The first-order valence-corrected chi connectivity index (χ1v) is 7.07. The molecule has 0 aromatic heterocycles. The first kappa shape index (κ1) is 17.6. The van der Waals surface area contributed by atoms with E-state index < -0.39 is 11.7 Å². The van der Waals surface area contributed by atoms with E-state index in [1.165, 1.54) is 6.07 Å². The number of hydrogen-bond donors (Lipinski definition) is 1. The Bertz CT molecular complexity index is 444. The summed E-state index contributed by atoms with van der Waals surface area (Å²) in [5.74, 6) is -0.0916. The third kappa shape index (κ3) is 6.21. The van der Waals surface area contributed by atoms with Crippen LogP contribution in [0.2, 0.25) is 0 Å². The molecule has 0 aliphatic heterocycles. The first-order chi connectivity index (χ1) is 9.99. The summed E-state index contributed by atoms with van der Waals surface area (Å²) < 4.78 is 44.4. The van der Waals surface area contributed by atoms with Crippen molar-refractivity contribution in [1.82, 2.24) is 5.32 Å². The van der Waals surface area contributed by atoms with Gasteiger partial charge in [-0.3, -0.25) is 0 Å². The third-order valence-electron chi connectivity index (χ3n) is 3.04. The molecule has 0 heterocycles. The Morgan fingerprint density at radius 2 is 2.00 bits per heavy atom. The average Bonchev–Trinajstić information content (AvgIpc) is 2.43. The standard InChI is InChI=1S/C16H22F3NO/c1-3-4-5-6-7-10-21-15-9-8-13(12-20-2)11-14(15)16(17,18)19/h3,8-9,11,20H,1,4-7,10,12H2,2H3. The Hall–Kier alpha value is -1.49. The summed E-state index contributed by atoms with van der Waals surface area (Å²) in [6.45, 7) is 4.32. The predicted octanol–water partition coefficient (Wildman–Crippen LogP) is 4.55. The van der Waals surface area contributed by atoms with Gasteiger partial charge in [0.25, 0.3) is 0 Å². The fourth-order valence-corrected chi connectivity index (χ4v) is 1.99. The van der Waals surface area contributed by atoms with Gasteiger partial charge in [0, 0.05) is 6.54 Å². The number of rotatable bonds is 9. The maximum atomic E-state index is 13.0. The molecule has 2 nitrogen and oxygen atoms in total. The van der Waals surface area contributed by atoms with Crippen molar-refractivity contribution in [3.8, 4) is 5.75 Å². The van der Waals surface area contributed by atoms with Crippen molar-refractivity contribution in [2.75, 3.05) is 13.7 Å². The monoisotopic (exact) mass is 301 g/mol. The smallest absolute Gasteiger partial charge is 0.419 e. The molecule has 0 atom stereocenters. The summed E-state index contributed by atoms with van der Waals surface area (Å²) in [6.07, 6.45) is 1.01. The van der Waals surface area contributed by atoms with E-state index in [0.717, 1.165) is 31.7 Å². The van der Waals surface area contributed by atoms with Crippen LogP contribution in [0, 0.1) is 0 Å². The molecule has 21 heavy (non-hydrogen) atoms. The van der Waals surface area contributed by atoms with E-state index in [2.05, 4.69) is 11.9 Å². The van der Waals surface area contributed by atoms with Gasteiger partial charge in [0.2, 0.25) is 0 Å². The van der Waals surface area contributed by atoms with Gasteiger partial charge in [0.1, 0.15) is 5.75 Å². The van der Waals surface area contributed by atoms with Crippen LogP contribution in [0.1, 0.15) is 36.8 Å². The Labute approximate surface area is 124 Å². The molecule has 0 aliphatic carbocycles. The molecule has 1 N–H and O–H groups in total.